The highest BCUT2D eigenvalue weighted by molar-refractivity contribution is 7.80. The molecule has 7 heavy (non-hydrogen) atoms. The van der Waals surface area contributed by atoms with Crippen LogP contribution in [0.5, 0.6) is 0 Å². The molecule has 43 valence electrons. The van der Waals surface area contributed by atoms with Gasteiger partial charge in [-0.05, 0) is 19.1 Å². The predicted octanol–water partition coefficient (Wildman–Crippen LogP) is 1.16. The van der Waals surface area contributed by atoms with E-state index in [9.17, 15) is 0 Å². The van der Waals surface area contributed by atoms with Gasteiger partial charge in [0.25, 0.3) is 0 Å². The maximum absolute atomic E-state index is 4.91. The van der Waals surface area contributed by atoms with E-state index in [1.54, 1.807) is 0 Å². The lowest BCUT2D eigenvalue weighted by Crippen LogP contribution is -1.92. The third-order valence-electron chi connectivity index (χ3n) is 0.591. The number of rotatable bonds is 4. The van der Waals surface area contributed by atoms with E-state index < -0.39 is 0 Å². The Morgan fingerprint density at radius 2 is 2.29 bits per heavy atom. The van der Waals surface area contributed by atoms with Crippen LogP contribution in [0.4, 0.5) is 0 Å². The molecule has 0 spiro atoms. The van der Waals surface area contributed by atoms with Gasteiger partial charge < -0.3 is 4.74 Å². The van der Waals surface area contributed by atoms with Crippen molar-refractivity contribution in [3.05, 3.63) is 6.92 Å². The molecule has 0 fully saturated rings. The normalized spacial score (nSPS) is 9.43. The van der Waals surface area contributed by atoms with Gasteiger partial charge in [-0.1, -0.05) is 0 Å². The second-order valence-electron chi connectivity index (χ2n) is 1.19. The minimum absolute atomic E-state index is 0.577. The van der Waals surface area contributed by atoms with Crippen molar-refractivity contribution in [2.75, 3.05) is 19.0 Å². The number of hydrogen-bond acceptors (Lipinski definition) is 2. The van der Waals surface area contributed by atoms with E-state index in [-0.39, 0.29) is 0 Å². The molecule has 0 amide bonds. The van der Waals surface area contributed by atoms with Crippen molar-refractivity contribution in [3.63, 3.8) is 0 Å². The zero-order valence-corrected chi connectivity index (χ0v) is 5.29. The second kappa shape index (κ2) is 6.31. The second-order valence-corrected chi connectivity index (χ2v) is 1.64. The average Bonchev–Trinajstić information content (AvgIpc) is 1.69. The van der Waals surface area contributed by atoms with Crippen LogP contribution in [0.3, 0.4) is 0 Å². The Morgan fingerprint density at radius 1 is 1.57 bits per heavy atom. The lowest BCUT2D eigenvalue weighted by molar-refractivity contribution is 0.162. The maximum atomic E-state index is 4.91. The highest BCUT2D eigenvalue weighted by Crippen LogP contribution is 1.83. The lowest BCUT2D eigenvalue weighted by Gasteiger charge is -1.94. The van der Waals surface area contributed by atoms with E-state index in [1.165, 1.54) is 0 Å². The summed E-state index contributed by atoms with van der Waals surface area (Å²) in [6.07, 6.45) is 1.03. The molecule has 0 bridgehead atoms. The summed E-state index contributed by atoms with van der Waals surface area (Å²) in [6, 6.07) is 0. The van der Waals surface area contributed by atoms with Crippen molar-refractivity contribution >= 4 is 12.6 Å². The predicted molar refractivity (Wildman–Crippen MR) is 34.6 cm³/mol. The van der Waals surface area contributed by atoms with Crippen LogP contribution in [0, 0.1) is 6.92 Å². The first-order valence-corrected chi connectivity index (χ1v) is 3.03. The fourth-order valence-corrected chi connectivity index (χ4v) is 0.398. The van der Waals surface area contributed by atoms with Crippen LogP contribution in [-0.4, -0.2) is 19.0 Å². The molecule has 2 heteroatoms. The summed E-state index contributed by atoms with van der Waals surface area (Å²) in [4.78, 5) is 0. The molecule has 0 saturated heterocycles. The maximum Gasteiger partial charge on any atom is 0.0473 e. The summed E-state index contributed by atoms with van der Waals surface area (Å²) in [7, 11) is 0. The van der Waals surface area contributed by atoms with E-state index in [1.807, 2.05) is 0 Å². The van der Waals surface area contributed by atoms with Gasteiger partial charge in [0.05, 0.1) is 0 Å². The van der Waals surface area contributed by atoms with E-state index in [4.69, 9.17) is 4.74 Å². The minimum atomic E-state index is 0.577. The molecule has 0 aromatic rings. The lowest BCUT2D eigenvalue weighted by atomic mass is 10.5. The van der Waals surface area contributed by atoms with Crippen molar-refractivity contribution in [1.29, 1.82) is 0 Å². The van der Waals surface area contributed by atoms with Crippen molar-refractivity contribution in [3.8, 4) is 0 Å². The molecule has 1 radical (unpaired) electrons. The standard InChI is InChI=1S/C5H11OS/c1-2-6-4-3-5-7/h7H,1-5H2. The Kier molecular flexibility index (Phi) is 6.59. The third-order valence-corrected chi connectivity index (χ3v) is 0.907. The summed E-state index contributed by atoms with van der Waals surface area (Å²) in [5.74, 6) is 0.903. The van der Waals surface area contributed by atoms with Crippen molar-refractivity contribution < 1.29 is 4.74 Å². The Balaban J connectivity index is 2.45. The van der Waals surface area contributed by atoms with Crippen molar-refractivity contribution in [2.45, 2.75) is 6.42 Å². The Bertz CT molecular complexity index is 27.3. The van der Waals surface area contributed by atoms with Crippen LogP contribution in [0.15, 0.2) is 0 Å². The monoisotopic (exact) mass is 119 g/mol. The highest BCUT2D eigenvalue weighted by atomic mass is 32.1. The van der Waals surface area contributed by atoms with Gasteiger partial charge in [-0.25, -0.2) is 0 Å². The molecule has 0 aliphatic rings. The zero-order valence-electron chi connectivity index (χ0n) is 4.39. The van der Waals surface area contributed by atoms with E-state index in [0.29, 0.717) is 6.61 Å². The molecule has 0 unspecified atom stereocenters. The molecule has 0 aromatic heterocycles. The Labute approximate surface area is 50.5 Å². The van der Waals surface area contributed by atoms with Crippen LogP contribution >= 0.6 is 12.6 Å². The largest absolute Gasteiger partial charge is 0.381 e. The van der Waals surface area contributed by atoms with Crippen molar-refractivity contribution in [1.82, 2.24) is 0 Å². The van der Waals surface area contributed by atoms with Gasteiger partial charge >= 0.3 is 0 Å². The van der Waals surface area contributed by atoms with Gasteiger partial charge in [-0.2, -0.15) is 12.6 Å². The molecular formula is C5H11OS. The molecule has 0 rings (SSSR count). The van der Waals surface area contributed by atoms with Gasteiger partial charge in [0.1, 0.15) is 0 Å². The van der Waals surface area contributed by atoms with Gasteiger partial charge in [-0.15, -0.1) is 0 Å². The Morgan fingerprint density at radius 3 is 2.71 bits per heavy atom. The van der Waals surface area contributed by atoms with Crippen LogP contribution in [0.1, 0.15) is 6.42 Å². The van der Waals surface area contributed by atoms with Crippen LogP contribution in [-0.2, 0) is 4.74 Å². The fraction of sp³-hybridized carbons (Fsp3) is 0.800. The Hall–Kier alpha value is 0.310. The first-order chi connectivity index (χ1) is 3.41. The number of hydrogen-bond donors (Lipinski definition) is 1. The summed E-state index contributed by atoms with van der Waals surface area (Å²) in [5.41, 5.74) is 0. The van der Waals surface area contributed by atoms with Gasteiger partial charge in [0.2, 0.25) is 0 Å². The van der Waals surface area contributed by atoms with E-state index in [0.717, 1.165) is 18.8 Å². The van der Waals surface area contributed by atoms with Crippen LogP contribution < -0.4 is 0 Å². The van der Waals surface area contributed by atoms with Crippen LogP contribution in [0.25, 0.3) is 0 Å². The third kappa shape index (κ3) is 6.31. The molecule has 0 N–H and O–H groups in total. The molecule has 1 nitrogen and oxygen atoms in total. The molecule has 0 heterocycles. The quantitative estimate of drug-likeness (QED) is 0.431. The fourth-order valence-electron chi connectivity index (χ4n) is 0.269. The first-order valence-electron chi connectivity index (χ1n) is 2.39. The molecular weight excluding hydrogens is 108 g/mol. The summed E-state index contributed by atoms with van der Waals surface area (Å²) >= 11 is 3.99. The number of thiol groups is 1. The zero-order chi connectivity index (χ0) is 5.54. The minimum Gasteiger partial charge on any atom is -0.381 e. The molecule has 0 aliphatic carbocycles. The summed E-state index contributed by atoms with van der Waals surface area (Å²) in [5, 5.41) is 0. The summed E-state index contributed by atoms with van der Waals surface area (Å²) < 4.78 is 4.91. The first kappa shape index (κ1) is 7.31. The summed E-state index contributed by atoms with van der Waals surface area (Å²) in [6.45, 7) is 4.89. The van der Waals surface area contributed by atoms with Gasteiger partial charge in [0, 0.05) is 13.2 Å². The van der Waals surface area contributed by atoms with E-state index in [2.05, 4.69) is 19.6 Å². The molecule has 0 atom stereocenters. The molecule has 0 aromatic carbocycles. The van der Waals surface area contributed by atoms with Gasteiger partial charge in [0.15, 0.2) is 0 Å². The van der Waals surface area contributed by atoms with E-state index >= 15 is 0 Å². The molecule has 0 saturated carbocycles. The highest BCUT2D eigenvalue weighted by Gasteiger charge is 1.79. The van der Waals surface area contributed by atoms with Gasteiger partial charge in [-0.3, -0.25) is 0 Å². The van der Waals surface area contributed by atoms with Crippen molar-refractivity contribution in [2.24, 2.45) is 0 Å². The average molecular weight is 119 g/mol. The molecule has 0 aliphatic heterocycles. The smallest absolute Gasteiger partial charge is 0.0473 e. The topological polar surface area (TPSA) is 9.23 Å². The number of ether oxygens (including phenoxy) is 1. The SMILES string of the molecule is [CH2]COCCCS. The van der Waals surface area contributed by atoms with Crippen LogP contribution in [0.2, 0.25) is 0 Å².